The topological polar surface area (TPSA) is 81.9 Å². The maximum absolute atomic E-state index is 9.76. The molecule has 0 aliphatic rings. The molecular weight excluding hydrogens is 324 g/mol. The van der Waals surface area contributed by atoms with Crippen LogP contribution in [0.1, 0.15) is 0 Å². The number of azo groups is 1. The molecule has 25 heavy (non-hydrogen) atoms. The Morgan fingerprint density at radius 2 is 1.52 bits per heavy atom. The van der Waals surface area contributed by atoms with Gasteiger partial charge in [0.1, 0.15) is 6.61 Å². The van der Waals surface area contributed by atoms with Gasteiger partial charge in [-0.2, -0.15) is 10.2 Å². The van der Waals surface area contributed by atoms with Crippen molar-refractivity contribution >= 4 is 11.4 Å². The number of aromatic hydroxyl groups is 1. The number of nitrogens with zero attached hydrogens (tertiary/aromatic N) is 2. The molecule has 0 fully saturated rings. The summed E-state index contributed by atoms with van der Waals surface area (Å²) in [5.74, 6) is 1.77. The Balaban J connectivity index is 2.31. The molecule has 7 nitrogen and oxygen atoms in total. The molecule has 2 aromatic carbocycles. The van der Waals surface area contributed by atoms with Gasteiger partial charge in [-0.1, -0.05) is 12.7 Å². The van der Waals surface area contributed by atoms with Crippen LogP contribution in [0.5, 0.6) is 28.7 Å². The SMILES string of the molecule is C=CCOc1cc(N=Nc2cc(OC)c(OC)c(OC)c2)ccc1O. The second-order valence-electron chi connectivity index (χ2n) is 4.84. The molecule has 0 aromatic heterocycles. The first-order chi connectivity index (χ1) is 12.1. The Bertz CT molecular complexity index is 749. The van der Waals surface area contributed by atoms with Crippen LogP contribution in [0.25, 0.3) is 0 Å². The smallest absolute Gasteiger partial charge is 0.203 e. The summed E-state index contributed by atoms with van der Waals surface area (Å²) >= 11 is 0. The number of phenols is 1. The summed E-state index contributed by atoms with van der Waals surface area (Å²) in [5, 5.41) is 18.1. The van der Waals surface area contributed by atoms with Gasteiger partial charge >= 0.3 is 0 Å². The molecule has 0 aliphatic heterocycles. The van der Waals surface area contributed by atoms with Crippen molar-refractivity contribution in [1.82, 2.24) is 0 Å². The van der Waals surface area contributed by atoms with Crippen molar-refractivity contribution in [2.45, 2.75) is 0 Å². The van der Waals surface area contributed by atoms with Gasteiger partial charge in [0.2, 0.25) is 5.75 Å². The molecule has 7 heteroatoms. The molecule has 0 saturated carbocycles. The van der Waals surface area contributed by atoms with Crippen LogP contribution in [0, 0.1) is 0 Å². The number of phenolic OH excluding ortho intramolecular Hbond substituents is 1. The lowest BCUT2D eigenvalue weighted by Crippen LogP contribution is -1.94. The molecule has 0 atom stereocenters. The van der Waals surface area contributed by atoms with Crippen LogP contribution < -0.4 is 18.9 Å². The summed E-state index contributed by atoms with van der Waals surface area (Å²) in [7, 11) is 4.59. The summed E-state index contributed by atoms with van der Waals surface area (Å²) < 4.78 is 21.2. The van der Waals surface area contributed by atoms with E-state index in [4.69, 9.17) is 18.9 Å². The van der Waals surface area contributed by atoms with Crippen LogP contribution in [0.3, 0.4) is 0 Å². The Hall–Kier alpha value is -3.22. The summed E-state index contributed by atoms with van der Waals surface area (Å²) in [5.41, 5.74) is 1.04. The monoisotopic (exact) mass is 344 g/mol. The molecular formula is C18H20N2O5. The van der Waals surface area contributed by atoms with E-state index in [0.29, 0.717) is 34.4 Å². The fourth-order valence-electron chi connectivity index (χ4n) is 2.07. The lowest BCUT2D eigenvalue weighted by atomic mass is 10.2. The zero-order valence-corrected chi connectivity index (χ0v) is 14.4. The fraction of sp³-hybridized carbons (Fsp3) is 0.222. The second kappa shape index (κ2) is 8.58. The first-order valence-electron chi connectivity index (χ1n) is 7.41. The molecule has 0 radical (unpaired) electrons. The van der Waals surface area contributed by atoms with Gasteiger partial charge in [-0.3, -0.25) is 0 Å². The molecule has 0 aliphatic carbocycles. The normalized spacial score (nSPS) is 10.5. The van der Waals surface area contributed by atoms with E-state index in [1.54, 1.807) is 30.3 Å². The van der Waals surface area contributed by atoms with E-state index in [9.17, 15) is 5.11 Å². The van der Waals surface area contributed by atoms with E-state index in [2.05, 4.69) is 16.8 Å². The summed E-state index contributed by atoms with van der Waals surface area (Å²) in [6.07, 6.45) is 1.59. The van der Waals surface area contributed by atoms with Gasteiger partial charge < -0.3 is 24.1 Å². The fourth-order valence-corrected chi connectivity index (χ4v) is 2.07. The zero-order valence-electron chi connectivity index (χ0n) is 14.4. The molecule has 0 spiro atoms. The molecule has 132 valence electrons. The van der Waals surface area contributed by atoms with Crippen LogP contribution in [0.4, 0.5) is 11.4 Å². The van der Waals surface area contributed by atoms with E-state index in [1.807, 2.05) is 0 Å². The van der Waals surface area contributed by atoms with Crippen molar-refractivity contribution < 1.29 is 24.1 Å². The van der Waals surface area contributed by atoms with Crippen molar-refractivity contribution in [2.24, 2.45) is 10.2 Å². The third-order valence-electron chi connectivity index (χ3n) is 3.23. The quantitative estimate of drug-likeness (QED) is 0.567. The largest absolute Gasteiger partial charge is 0.504 e. The van der Waals surface area contributed by atoms with Crippen molar-refractivity contribution in [2.75, 3.05) is 27.9 Å². The highest BCUT2D eigenvalue weighted by Crippen LogP contribution is 2.41. The number of methoxy groups -OCH3 is 3. The first-order valence-corrected chi connectivity index (χ1v) is 7.41. The molecule has 0 amide bonds. The number of benzene rings is 2. The third-order valence-corrected chi connectivity index (χ3v) is 3.23. The van der Waals surface area contributed by atoms with Crippen LogP contribution in [0.2, 0.25) is 0 Å². The standard InChI is InChI=1S/C18H20N2O5/c1-5-8-25-15-9-12(6-7-14(15)21)19-20-13-10-16(22-2)18(24-4)17(11-13)23-3/h5-7,9-11,21H,1,8H2,2-4H3. The lowest BCUT2D eigenvalue weighted by molar-refractivity contribution is 0.324. The molecule has 0 heterocycles. The number of hydrogen-bond acceptors (Lipinski definition) is 7. The van der Waals surface area contributed by atoms with Crippen LogP contribution in [-0.4, -0.2) is 33.0 Å². The summed E-state index contributed by atoms with van der Waals surface area (Å²) in [4.78, 5) is 0. The van der Waals surface area contributed by atoms with Gasteiger partial charge in [0.05, 0.1) is 32.7 Å². The molecule has 0 unspecified atom stereocenters. The Morgan fingerprint density at radius 3 is 2.08 bits per heavy atom. The average Bonchev–Trinajstić information content (AvgIpc) is 2.65. The number of hydrogen-bond donors (Lipinski definition) is 1. The second-order valence-corrected chi connectivity index (χ2v) is 4.84. The van der Waals surface area contributed by atoms with Crippen LogP contribution in [0.15, 0.2) is 53.2 Å². The molecule has 2 rings (SSSR count). The first kappa shape index (κ1) is 18.1. The van der Waals surface area contributed by atoms with E-state index in [0.717, 1.165) is 0 Å². The highest BCUT2D eigenvalue weighted by atomic mass is 16.5. The molecule has 0 bridgehead atoms. The van der Waals surface area contributed by atoms with Gasteiger partial charge in [-0.05, 0) is 12.1 Å². The number of rotatable bonds is 8. The molecule has 1 N–H and O–H groups in total. The van der Waals surface area contributed by atoms with Crippen molar-refractivity contribution in [1.29, 1.82) is 0 Å². The Labute approximate surface area is 146 Å². The van der Waals surface area contributed by atoms with Gasteiger partial charge in [0.15, 0.2) is 23.0 Å². The summed E-state index contributed by atoms with van der Waals surface area (Å²) in [6, 6.07) is 8.06. The van der Waals surface area contributed by atoms with Gasteiger partial charge in [0.25, 0.3) is 0 Å². The Kier molecular flexibility index (Phi) is 6.22. The van der Waals surface area contributed by atoms with Gasteiger partial charge in [-0.15, -0.1) is 0 Å². The van der Waals surface area contributed by atoms with E-state index < -0.39 is 0 Å². The highest BCUT2D eigenvalue weighted by Gasteiger charge is 2.13. The maximum atomic E-state index is 9.76. The van der Waals surface area contributed by atoms with E-state index >= 15 is 0 Å². The lowest BCUT2D eigenvalue weighted by Gasteiger charge is -2.12. The average molecular weight is 344 g/mol. The van der Waals surface area contributed by atoms with Crippen molar-refractivity contribution in [3.8, 4) is 28.7 Å². The molecule has 0 saturated heterocycles. The van der Waals surface area contributed by atoms with E-state index in [1.165, 1.54) is 27.4 Å². The van der Waals surface area contributed by atoms with Crippen molar-refractivity contribution in [3.63, 3.8) is 0 Å². The highest BCUT2D eigenvalue weighted by molar-refractivity contribution is 5.60. The number of ether oxygens (including phenoxy) is 4. The predicted octanol–water partition coefficient (Wildman–Crippen LogP) is 4.40. The van der Waals surface area contributed by atoms with Crippen molar-refractivity contribution in [3.05, 3.63) is 43.0 Å². The minimum atomic E-state index is 0.0218. The minimum absolute atomic E-state index is 0.0218. The van der Waals surface area contributed by atoms with Crippen LogP contribution in [-0.2, 0) is 0 Å². The maximum Gasteiger partial charge on any atom is 0.203 e. The predicted molar refractivity (Wildman–Crippen MR) is 94.1 cm³/mol. The third kappa shape index (κ3) is 4.41. The summed E-state index contributed by atoms with van der Waals surface area (Å²) in [6.45, 7) is 3.85. The van der Waals surface area contributed by atoms with Gasteiger partial charge in [-0.25, -0.2) is 0 Å². The minimum Gasteiger partial charge on any atom is -0.504 e. The Morgan fingerprint density at radius 1 is 0.920 bits per heavy atom. The zero-order chi connectivity index (χ0) is 18.2. The van der Waals surface area contributed by atoms with Gasteiger partial charge in [0, 0.05) is 18.2 Å². The van der Waals surface area contributed by atoms with E-state index in [-0.39, 0.29) is 12.4 Å². The molecule has 2 aromatic rings. The van der Waals surface area contributed by atoms with Crippen LogP contribution >= 0.6 is 0 Å².